The Balaban J connectivity index is 1.48. The Hall–Kier alpha value is -2.00. The number of benzene rings is 2. The molecule has 3 nitrogen and oxygen atoms in total. The number of nitrogen functional groups attached to an aromatic ring is 1. The minimum Gasteiger partial charge on any atom is -0.485 e. The number of fused-ring (bicyclic) bond motifs is 1. The van der Waals surface area contributed by atoms with Gasteiger partial charge in [-0.3, -0.25) is 4.90 Å². The van der Waals surface area contributed by atoms with Crippen LogP contribution in [-0.2, 0) is 6.42 Å². The van der Waals surface area contributed by atoms with Gasteiger partial charge in [-0.25, -0.2) is 0 Å². The third-order valence-electron chi connectivity index (χ3n) is 7.08. The maximum Gasteiger partial charge on any atom is 0.127 e. The van der Waals surface area contributed by atoms with Crippen LogP contribution in [0.3, 0.4) is 0 Å². The van der Waals surface area contributed by atoms with Crippen molar-refractivity contribution in [1.82, 2.24) is 4.90 Å². The van der Waals surface area contributed by atoms with E-state index in [1.165, 1.54) is 40.7 Å². The van der Waals surface area contributed by atoms with E-state index >= 15 is 0 Å². The van der Waals surface area contributed by atoms with Crippen molar-refractivity contribution in [3.05, 3.63) is 58.1 Å². The molecule has 1 atom stereocenters. The topological polar surface area (TPSA) is 38.5 Å². The quantitative estimate of drug-likeness (QED) is 0.690. The molecule has 2 aromatic carbocycles. The third-order valence-corrected chi connectivity index (χ3v) is 7.08. The molecule has 1 fully saturated rings. The Morgan fingerprint density at radius 3 is 2.38 bits per heavy atom. The van der Waals surface area contributed by atoms with E-state index in [1.54, 1.807) is 0 Å². The molecule has 29 heavy (non-hydrogen) atoms. The van der Waals surface area contributed by atoms with Gasteiger partial charge in [0, 0.05) is 29.8 Å². The van der Waals surface area contributed by atoms with Gasteiger partial charge in [0.1, 0.15) is 11.4 Å². The zero-order valence-corrected chi connectivity index (χ0v) is 18.7. The Labute approximate surface area is 176 Å². The lowest BCUT2D eigenvalue weighted by molar-refractivity contribution is 0.0520. The zero-order valence-electron chi connectivity index (χ0n) is 18.7. The first kappa shape index (κ1) is 20.3. The van der Waals surface area contributed by atoms with Crippen molar-refractivity contribution in [2.24, 2.45) is 0 Å². The van der Waals surface area contributed by atoms with Crippen molar-refractivity contribution in [2.45, 2.75) is 71.3 Å². The molecule has 0 aliphatic carbocycles. The van der Waals surface area contributed by atoms with Crippen molar-refractivity contribution in [3.63, 3.8) is 0 Å². The molecule has 0 spiro atoms. The Morgan fingerprint density at radius 2 is 1.76 bits per heavy atom. The maximum absolute atomic E-state index is 6.72. The number of hydrogen-bond donors (Lipinski definition) is 1. The van der Waals surface area contributed by atoms with E-state index in [9.17, 15) is 0 Å². The average molecular weight is 393 g/mol. The second kappa shape index (κ2) is 7.68. The van der Waals surface area contributed by atoms with Crippen LogP contribution in [0.15, 0.2) is 30.3 Å². The number of likely N-dealkylation sites (tertiary alicyclic amines) is 1. The van der Waals surface area contributed by atoms with E-state index in [2.05, 4.69) is 69.9 Å². The first-order chi connectivity index (χ1) is 13.8. The Kier molecular flexibility index (Phi) is 5.37. The molecule has 0 amide bonds. The fourth-order valence-electron chi connectivity index (χ4n) is 5.48. The number of rotatable bonds is 4. The van der Waals surface area contributed by atoms with Crippen molar-refractivity contribution >= 4 is 5.69 Å². The summed E-state index contributed by atoms with van der Waals surface area (Å²) in [5, 5.41) is 0. The van der Waals surface area contributed by atoms with Crippen LogP contribution in [0, 0.1) is 13.8 Å². The van der Waals surface area contributed by atoms with Crippen LogP contribution in [0.2, 0.25) is 0 Å². The molecular weight excluding hydrogens is 356 g/mol. The lowest BCUT2D eigenvalue weighted by Crippen LogP contribution is -2.47. The van der Waals surface area contributed by atoms with Gasteiger partial charge in [0.25, 0.3) is 0 Å². The molecule has 1 saturated heterocycles. The largest absolute Gasteiger partial charge is 0.485 e. The Bertz CT molecular complexity index is 882. The van der Waals surface area contributed by atoms with Crippen molar-refractivity contribution in [2.75, 3.05) is 25.4 Å². The number of anilines is 1. The van der Waals surface area contributed by atoms with Crippen LogP contribution >= 0.6 is 0 Å². The minimum atomic E-state index is -0.170. The SMILES string of the molecule is Cc1c(N)c(C)c(C(C)C)c2c1CC(C)(CN1CCC(c3ccccc3)CC1)O2. The van der Waals surface area contributed by atoms with Crippen LogP contribution in [0.5, 0.6) is 5.75 Å². The van der Waals surface area contributed by atoms with Crippen LogP contribution in [0.4, 0.5) is 5.69 Å². The molecule has 1 unspecified atom stereocenters. The van der Waals surface area contributed by atoms with E-state index in [-0.39, 0.29) is 5.60 Å². The summed E-state index contributed by atoms with van der Waals surface area (Å²) in [4.78, 5) is 2.60. The second-order valence-electron chi connectivity index (χ2n) is 9.73. The van der Waals surface area contributed by atoms with Crippen LogP contribution in [-0.4, -0.2) is 30.1 Å². The molecule has 0 bridgehead atoms. The molecule has 0 saturated carbocycles. The summed E-state index contributed by atoms with van der Waals surface area (Å²) in [5.74, 6) is 2.22. The summed E-state index contributed by atoms with van der Waals surface area (Å²) in [5.41, 5.74) is 13.8. The van der Waals surface area contributed by atoms with Gasteiger partial charge >= 0.3 is 0 Å². The lowest BCUT2D eigenvalue weighted by atomic mass is 9.87. The molecule has 2 heterocycles. The fraction of sp³-hybridized carbons (Fsp3) is 0.538. The Morgan fingerprint density at radius 1 is 1.10 bits per heavy atom. The number of piperidine rings is 1. The van der Waals surface area contributed by atoms with Crippen LogP contribution < -0.4 is 10.5 Å². The van der Waals surface area contributed by atoms with Crippen molar-refractivity contribution in [1.29, 1.82) is 0 Å². The van der Waals surface area contributed by atoms with Crippen molar-refractivity contribution in [3.8, 4) is 5.75 Å². The van der Waals surface area contributed by atoms with Gasteiger partial charge in [-0.1, -0.05) is 44.2 Å². The molecule has 3 heteroatoms. The van der Waals surface area contributed by atoms with Gasteiger partial charge in [0.15, 0.2) is 0 Å². The van der Waals surface area contributed by atoms with E-state index < -0.39 is 0 Å². The summed E-state index contributed by atoms with van der Waals surface area (Å²) in [6.45, 7) is 14.3. The molecule has 2 aliphatic rings. The number of nitrogens with two attached hydrogens (primary N) is 1. The highest BCUT2D eigenvalue weighted by Gasteiger charge is 2.40. The van der Waals surface area contributed by atoms with Gasteiger partial charge < -0.3 is 10.5 Å². The first-order valence-corrected chi connectivity index (χ1v) is 11.2. The van der Waals surface area contributed by atoms with E-state index in [0.29, 0.717) is 11.8 Å². The number of hydrogen-bond acceptors (Lipinski definition) is 3. The highest BCUT2D eigenvalue weighted by atomic mass is 16.5. The zero-order chi connectivity index (χ0) is 20.8. The number of nitrogens with zero attached hydrogens (tertiary/aromatic N) is 1. The molecule has 156 valence electrons. The summed E-state index contributed by atoms with van der Waals surface area (Å²) in [6, 6.07) is 11.0. The highest BCUT2D eigenvalue weighted by Crippen LogP contribution is 2.47. The van der Waals surface area contributed by atoms with E-state index in [4.69, 9.17) is 10.5 Å². The second-order valence-corrected chi connectivity index (χ2v) is 9.73. The summed E-state index contributed by atoms with van der Waals surface area (Å²) >= 11 is 0. The summed E-state index contributed by atoms with van der Waals surface area (Å²) in [6.07, 6.45) is 3.42. The van der Waals surface area contributed by atoms with Gasteiger partial charge in [-0.2, -0.15) is 0 Å². The minimum absolute atomic E-state index is 0.170. The predicted octanol–water partition coefficient (Wildman–Crippen LogP) is 5.58. The molecule has 0 radical (unpaired) electrons. The monoisotopic (exact) mass is 392 g/mol. The molecule has 2 aliphatic heterocycles. The van der Waals surface area contributed by atoms with Crippen molar-refractivity contribution < 1.29 is 4.74 Å². The molecule has 4 rings (SSSR count). The predicted molar refractivity (Wildman–Crippen MR) is 122 cm³/mol. The van der Waals surface area contributed by atoms with E-state index in [1.807, 2.05) is 0 Å². The molecule has 2 N–H and O–H groups in total. The average Bonchev–Trinajstić information content (AvgIpc) is 3.04. The molecule has 2 aromatic rings. The smallest absolute Gasteiger partial charge is 0.127 e. The maximum atomic E-state index is 6.72. The van der Waals surface area contributed by atoms with E-state index in [0.717, 1.165) is 37.5 Å². The molecular formula is C26H36N2O. The number of ether oxygens (including phenoxy) is 1. The van der Waals surface area contributed by atoms with Crippen LogP contribution in [0.1, 0.15) is 73.3 Å². The van der Waals surface area contributed by atoms with Gasteiger partial charge in [0.05, 0.1) is 0 Å². The third kappa shape index (κ3) is 3.77. The summed E-state index contributed by atoms with van der Waals surface area (Å²) < 4.78 is 6.72. The highest BCUT2D eigenvalue weighted by molar-refractivity contribution is 5.67. The van der Waals surface area contributed by atoms with Gasteiger partial charge in [0.2, 0.25) is 0 Å². The standard InChI is InChI=1S/C26H36N2O/c1-17(2)23-19(4)24(27)18(3)22-15-26(5,29-25(22)23)16-28-13-11-21(12-14-28)20-9-7-6-8-10-20/h6-10,17,21H,11-16,27H2,1-5H3. The van der Waals surface area contributed by atoms with Gasteiger partial charge in [-0.05, 0) is 75.2 Å². The molecule has 0 aromatic heterocycles. The van der Waals surface area contributed by atoms with Crippen LogP contribution in [0.25, 0.3) is 0 Å². The normalized spacial score (nSPS) is 22.7. The van der Waals surface area contributed by atoms with Gasteiger partial charge in [-0.15, -0.1) is 0 Å². The summed E-state index contributed by atoms with van der Waals surface area (Å²) in [7, 11) is 0. The fourth-order valence-corrected chi connectivity index (χ4v) is 5.48. The lowest BCUT2D eigenvalue weighted by Gasteiger charge is -2.37. The first-order valence-electron chi connectivity index (χ1n) is 11.2.